The van der Waals surface area contributed by atoms with Gasteiger partial charge in [-0.05, 0) is 55.8 Å². The summed E-state index contributed by atoms with van der Waals surface area (Å²) in [6.07, 6.45) is 5.96. The van der Waals surface area contributed by atoms with Crippen molar-refractivity contribution in [2.24, 2.45) is 35.1 Å². The zero-order valence-electron chi connectivity index (χ0n) is 8.41. The molecule has 4 aliphatic rings. The molecule has 1 amide bonds. The minimum atomic E-state index is -0.659. The molecule has 0 atom stereocenters. The summed E-state index contributed by atoms with van der Waals surface area (Å²) < 4.78 is 0. The Morgan fingerprint density at radius 2 is 1.43 bits per heavy atom. The molecule has 0 spiro atoms. The molecule has 0 aromatic rings. The first-order valence-corrected chi connectivity index (χ1v) is 5.69. The predicted octanol–water partition coefficient (Wildman–Crippen LogP) is 0.625. The zero-order valence-corrected chi connectivity index (χ0v) is 8.41. The molecule has 78 valence electrons. The number of carbonyl (C=O) groups is 1. The van der Waals surface area contributed by atoms with Gasteiger partial charge in [-0.15, -0.1) is 0 Å². The maximum absolute atomic E-state index is 11.5. The Morgan fingerprint density at radius 1 is 1.00 bits per heavy atom. The molecule has 4 saturated carbocycles. The Hall–Kier alpha value is -0.570. The van der Waals surface area contributed by atoms with Crippen LogP contribution in [-0.4, -0.2) is 11.4 Å². The Morgan fingerprint density at radius 3 is 1.79 bits per heavy atom. The third-order valence-corrected chi connectivity index (χ3v) is 4.92. The minimum absolute atomic E-state index is 0.258. The monoisotopic (exact) mass is 194 g/mol. The van der Waals surface area contributed by atoms with Crippen LogP contribution in [0.4, 0.5) is 0 Å². The lowest BCUT2D eigenvalue weighted by Crippen LogP contribution is -2.68. The molecule has 0 saturated heterocycles. The van der Waals surface area contributed by atoms with Gasteiger partial charge >= 0.3 is 0 Å². The average molecular weight is 194 g/mol. The number of hydrogen-bond acceptors (Lipinski definition) is 2. The summed E-state index contributed by atoms with van der Waals surface area (Å²) in [5.74, 6) is 2.20. The Kier molecular flexibility index (Phi) is 1.56. The fraction of sp³-hybridized carbons (Fsp3) is 0.909. The average Bonchev–Trinajstić information content (AvgIpc) is 2.12. The van der Waals surface area contributed by atoms with Gasteiger partial charge in [-0.1, -0.05) is 0 Å². The van der Waals surface area contributed by atoms with E-state index in [4.69, 9.17) is 11.5 Å². The number of primary amides is 1. The van der Waals surface area contributed by atoms with Crippen LogP contribution in [0.1, 0.15) is 32.1 Å². The van der Waals surface area contributed by atoms with Gasteiger partial charge in [0.2, 0.25) is 5.91 Å². The normalized spacial score (nSPS) is 54.9. The van der Waals surface area contributed by atoms with Crippen LogP contribution in [0.3, 0.4) is 0 Å². The van der Waals surface area contributed by atoms with Crippen molar-refractivity contribution in [1.29, 1.82) is 0 Å². The summed E-state index contributed by atoms with van der Waals surface area (Å²) in [6, 6.07) is 0. The van der Waals surface area contributed by atoms with E-state index in [1.165, 1.54) is 6.42 Å². The van der Waals surface area contributed by atoms with Gasteiger partial charge in [0.05, 0.1) is 0 Å². The molecule has 4 bridgehead atoms. The van der Waals surface area contributed by atoms with Crippen molar-refractivity contribution in [2.45, 2.75) is 37.6 Å². The van der Waals surface area contributed by atoms with E-state index < -0.39 is 5.54 Å². The summed E-state index contributed by atoms with van der Waals surface area (Å²) in [4.78, 5) is 11.5. The highest BCUT2D eigenvalue weighted by atomic mass is 16.1. The molecule has 0 aromatic carbocycles. The molecule has 0 unspecified atom stereocenters. The molecular formula is C11H18N2O. The number of carbonyl (C=O) groups excluding carboxylic acids is 1. The van der Waals surface area contributed by atoms with E-state index in [0.29, 0.717) is 11.8 Å². The van der Waals surface area contributed by atoms with E-state index >= 15 is 0 Å². The molecule has 4 aliphatic carbocycles. The minimum Gasteiger partial charge on any atom is -0.368 e. The van der Waals surface area contributed by atoms with Gasteiger partial charge in [0.25, 0.3) is 0 Å². The summed E-state index contributed by atoms with van der Waals surface area (Å²) in [6.45, 7) is 0. The summed E-state index contributed by atoms with van der Waals surface area (Å²) in [7, 11) is 0. The van der Waals surface area contributed by atoms with Crippen LogP contribution in [-0.2, 0) is 4.79 Å². The smallest absolute Gasteiger partial charge is 0.238 e. The Labute approximate surface area is 84.2 Å². The second-order valence-electron chi connectivity index (χ2n) is 5.60. The summed E-state index contributed by atoms with van der Waals surface area (Å²) in [5, 5.41) is 0. The highest BCUT2D eigenvalue weighted by molar-refractivity contribution is 5.85. The Bertz CT molecular complexity index is 259. The van der Waals surface area contributed by atoms with Crippen molar-refractivity contribution < 1.29 is 4.79 Å². The zero-order chi connectivity index (χ0) is 9.92. The van der Waals surface area contributed by atoms with Crippen molar-refractivity contribution in [1.82, 2.24) is 0 Å². The van der Waals surface area contributed by atoms with E-state index in [9.17, 15) is 4.79 Å². The van der Waals surface area contributed by atoms with E-state index in [0.717, 1.165) is 37.5 Å². The highest BCUT2D eigenvalue weighted by Gasteiger charge is 2.58. The van der Waals surface area contributed by atoms with Crippen LogP contribution < -0.4 is 11.5 Å². The van der Waals surface area contributed by atoms with Crippen molar-refractivity contribution in [3.8, 4) is 0 Å². The lowest BCUT2D eigenvalue weighted by atomic mass is 9.48. The van der Waals surface area contributed by atoms with E-state index in [1.807, 2.05) is 0 Å². The second kappa shape index (κ2) is 2.51. The van der Waals surface area contributed by atoms with Gasteiger partial charge in [0, 0.05) is 0 Å². The molecule has 0 radical (unpaired) electrons. The number of amides is 1. The third kappa shape index (κ3) is 0.888. The number of nitrogens with two attached hydrogens (primary N) is 2. The van der Waals surface area contributed by atoms with Crippen LogP contribution in [0.15, 0.2) is 0 Å². The van der Waals surface area contributed by atoms with Gasteiger partial charge in [-0.3, -0.25) is 4.79 Å². The first kappa shape index (κ1) is 8.72. The highest BCUT2D eigenvalue weighted by Crippen LogP contribution is 2.57. The summed E-state index contributed by atoms with van der Waals surface area (Å²) in [5.41, 5.74) is 11.1. The van der Waals surface area contributed by atoms with Crippen molar-refractivity contribution in [3.05, 3.63) is 0 Å². The lowest BCUT2D eigenvalue weighted by Gasteiger charge is -2.58. The fourth-order valence-electron chi connectivity index (χ4n) is 4.37. The number of rotatable bonds is 1. The largest absolute Gasteiger partial charge is 0.368 e. The quantitative estimate of drug-likeness (QED) is 0.642. The van der Waals surface area contributed by atoms with Crippen molar-refractivity contribution >= 4 is 5.91 Å². The maximum atomic E-state index is 11.5. The molecule has 0 aliphatic heterocycles. The van der Waals surface area contributed by atoms with Gasteiger partial charge in [-0.2, -0.15) is 0 Å². The van der Waals surface area contributed by atoms with Gasteiger partial charge in [0.1, 0.15) is 5.54 Å². The van der Waals surface area contributed by atoms with Gasteiger partial charge < -0.3 is 11.5 Å². The molecule has 0 heterocycles. The van der Waals surface area contributed by atoms with Crippen LogP contribution in [0.25, 0.3) is 0 Å². The third-order valence-electron chi connectivity index (χ3n) is 4.92. The first-order valence-electron chi connectivity index (χ1n) is 5.69. The van der Waals surface area contributed by atoms with Gasteiger partial charge in [-0.25, -0.2) is 0 Å². The van der Waals surface area contributed by atoms with Gasteiger partial charge in [0.15, 0.2) is 0 Å². The maximum Gasteiger partial charge on any atom is 0.238 e. The fourth-order valence-corrected chi connectivity index (χ4v) is 4.37. The van der Waals surface area contributed by atoms with Crippen LogP contribution in [0, 0.1) is 23.7 Å². The van der Waals surface area contributed by atoms with E-state index in [-0.39, 0.29) is 5.91 Å². The number of hydrogen-bond donors (Lipinski definition) is 2. The van der Waals surface area contributed by atoms with E-state index in [1.54, 1.807) is 0 Å². The predicted molar refractivity (Wildman–Crippen MR) is 53.2 cm³/mol. The van der Waals surface area contributed by atoms with Crippen LogP contribution >= 0.6 is 0 Å². The van der Waals surface area contributed by atoms with E-state index in [2.05, 4.69) is 0 Å². The second-order valence-corrected chi connectivity index (χ2v) is 5.60. The topological polar surface area (TPSA) is 69.1 Å². The molecule has 3 nitrogen and oxygen atoms in total. The van der Waals surface area contributed by atoms with Crippen molar-refractivity contribution in [2.75, 3.05) is 0 Å². The molecule has 3 heteroatoms. The Balaban J connectivity index is 1.98. The SMILES string of the molecule is NC(=O)C1(N)C2CC3CC(C2)CC1C3. The molecule has 14 heavy (non-hydrogen) atoms. The first-order chi connectivity index (χ1) is 6.60. The molecule has 4 fully saturated rings. The molecule has 4 N–H and O–H groups in total. The van der Waals surface area contributed by atoms with Crippen LogP contribution in [0.5, 0.6) is 0 Å². The standard InChI is InChI=1S/C11H18N2O/c12-10(14)11(13)8-2-6-1-7(4-8)5-9(11)3-6/h6-9H,1-5,13H2,(H2,12,14). The molecule has 0 aromatic heterocycles. The molecular weight excluding hydrogens is 176 g/mol. The van der Waals surface area contributed by atoms with Crippen LogP contribution in [0.2, 0.25) is 0 Å². The molecule has 4 rings (SSSR count). The lowest BCUT2D eigenvalue weighted by molar-refractivity contribution is -0.138. The van der Waals surface area contributed by atoms with Crippen molar-refractivity contribution in [3.63, 3.8) is 0 Å². The summed E-state index contributed by atoms with van der Waals surface area (Å²) >= 11 is 0.